The molecule has 0 radical (unpaired) electrons. The Morgan fingerprint density at radius 2 is 1.74 bits per heavy atom. The van der Waals surface area contributed by atoms with Crippen LogP contribution in [0, 0.1) is 62.6 Å². The minimum atomic E-state index is -0.618. The van der Waals surface area contributed by atoms with E-state index in [4.69, 9.17) is 9.47 Å². The van der Waals surface area contributed by atoms with Crippen LogP contribution < -0.4 is 0 Å². The third kappa shape index (κ3) is 3.45. The highest BCUT2D eigenvalue weighted by atomic mass is 16.5. The molecule has 0 unspecified atom stereocenters. The fourth-order valence-corrected chi connectivity index (χ4v) is 11.2. The molecule has 5 nitrogen and oxygen atoms in total. The number of esters is 1. The minimum Gasteiger partial charge on any atom is -0.481 e. The van der Waals surface area contributed by atoms with Gasteiger partial charge in [0.15, 0.2) is 0 Å². The number of carboxylic acids is 1. The highest BCUT2D eigenvalue weighted by Gasteiger charge is 2.71. The van der Waals surface area contributed by atoms with E-state index in [-0.39, 0.29) is 51.0 Å². The quantitative estimate of drug-likeness (QED) is 0.310. The van der Waals surface area contributed by atoms with Gasteiger partial charge in [-0.1, -0.05) is 67.0 Å². The summed E-state index contributed by atoms with van der Waals surface area (Å²) in [5, 5.41) is 10.8. The van der Waals surface area contributed by atoms with Gasteiger partial charge in [-0.15, -0.1) is 0 Å². The number of allylic oxidation sites excluding steroid dienone is 1. The van der Waals surface area contributed by atoms with Crippen LogP contribution in [0.25, 0.3) is 0 Å². The van der Waals surface area contributed by atoms with Gasteiger partial charge in [0, 0.05) is 23.7 Å². The first-order valence-corrected chi connectivity index (χ1v) is 15.3. The highest BCUT2D eigenvalue weighted by Crippen LogP contribution is 2.75. The van der Waals surface area contributed by atoms with Crippen molar-refractivity contribution in [3.05, 3.63) is 11.6 Å². The zero-order valence-corrected chi connectivity index (χ0v) is 25.4. The first kappa shape index (κ1) is 28.2. The third-order valence-corrected chi connectivity index (χ3v) is 14.0. The van der Waals surface area contributed by atoms with E-state index in [1.807, 2.05) is 0 Å². The van der Waals surface area contributed by atoms with Crippen LogP contribution in [0.1, 0.15) is 101 Å². The van der Waals surface area contributed by atoms with Crippen LogP contribution in [0.2, 0.25) is 0 Å². The summed E-state index contributed by atoms with van der Waals surface area (Å²) >= 11 is 0. The molecular formula is C33H52O5. The van der Waals surface area contributed by atoms with Gasteiger partial charge in [-0.25, -0.2) is 0 Å². The molecule has 214 valence electrons. The molecule has 5 rings (SSSR count). The summed E-state index contributed by atoms with van der Waals surface area (Å²) in [6, 6.07) is 0. The van der Waals surface area contributed by atoms with Crippen molar-refractivity contribution >= 4 is 11.9 Å². The lowest BCUT2D eigenvalue weighted by atomic mass is 9.34. The van der Waals surface area contributed by atoms with E-state index >= 15 is 0 Å². The van der Waals surface area contributed by atoms with Crippen molar-refractivity contribution in [3.8, 4) is 0 Å². The van der Waals surface area contributed by atoms with Crippen molar-refractivity contribution in [2.45, 2.75) is 107 Å². The van der Waals surface area contributed by atoms with Crippen molar-refractivity contribution in [1.29, 1.82) is 0 Å². The van der Waals surface area contributed by atoms with E-state index in [1.54, 1.807) is 0 Å². The third-order valence-electron chi connectivity index (χ3n) is 14.0. The van der Waals surface area contributed by atoms with Gasteiger partial charge in [-0.3, -0.25) is 9.59 Å². The molecule has 1 saturated heterocycles. The predicted octanol–water partition coefficient (Wildman–Crippen LogP) is 7.14. The number of carbonyl (C=O) groups is 2. The van der Waals surface area contributed by atoms with E-state index in [1.165, 1.54) is 12.5 Å². The lowest BCUT2D eigenvalue weighted by molar-refractivity contribution is -0.239. The van der Waals surface area contributed by atoms with Gasteiger partial charge in [0.2, 0.25) is 0 Å². The molecule has 38 heavy (non-hydrogen) atoms. The lowest BCUT2D eigenvalue weighted by Gasteiger charge is -2.71. The molecule has 5 heteroatoms. The Kier molecular flexibility index (Phi) is 6.54. The van der Waals surface area contributed by atoms with Gasteiger partial charge >= 0.3 is 11.9 Å². The number of carboxylic acid groups (broad SMARTS) is 1. The lowest BCUT2D eigenvalue weighted by Crippen LogP contribution is -2.68. The van der Waals surface area contributed by atoms with Crippen LogP contribution in [-0.4, -0.2) is 36.4 Å². The average Bonchev–Trinajstić information content (AvgIpc) is 2.82. The second-order valence-corrected chi connectivity index (χ2v) is 15.5. The Labute approximate surface area is 230 Å². The molecular weight excluding hydrogens is 476 g/mol. The molecule has 11 atom stereocenters. The van der Waals surface area contributed by atoms with E-state index < -0.39 is 5.97 Å². The molecule has 0 aromatic carbocycles. The van der Waals surface area contributed by atoms with E-state index in [0.717, 1.165) is 45.1 Å². The smallest absolute Gasteiger partial charge is 0.307 e. The summed E-state index contributed by atoms with van der Waals surface area (Å²) in [4.78, 5) is 25.3. The summed E-state index contributed by atoms with van der Waals surface area (Å²) in [5.41, 5.74) is 0.700. The van der Waals surface area contributed by atoms with Crippen molar-refractivity contribution in [3.63, 3.8) is 0 Å². The maximum atomic E-state index is 13.2. The summed E-state index contributed by atoms with van der Waals surface area (Å²) < 4.78 is 12.4. The van der Waals surface area contributed by atoms with Gasteiger partial charge < -0.3 is 14.6 Å². The summed E-state index contributed by atoms with van der Waals surface area (Å²) in [6.45, 7) is 21.3. The maximum Gasteiger partial charge on any atom is 0.307 e. The Bertz CT molecular complexity index is 1030. The Balaban J connectivity index is 1.62. The van der Waals surface area contributed by atoms with Crippen LogP contribution >= 0.6 is 0 Å². The molecule has 4 aliphatic carbocycles. The number of hydrogen-bond acceptors (Lipinski definition) is 4. The molecule has 2 bridgehead atoms. The Hall–Kier alpha value is -1.36. The molecule has 0 aromatic rings. The molecule has 0 amide bonds. The second-order valence-electron chi connectivity index (χ2n) is 15.5. The monoisotopic (exact) mass is 528 g/mol. The van der Waals surface area contributed by atoms with E-state index in [9.17, 15) is 14.7 Å². The normalized spacial score (nSPS) is 50.7. The van der Waals surface area contributed by atoms with Gasteiger partial charge in [0.1, 0.15) is 6.10 Å². The minimum absolute atomic E-state index is 0.0362. The number of hydrogen-bond donors (Lipinski definition) is 1. The Morgan fingerprint density at radius 1 is 1.05 bits per heavy atom. The molecule has 3 saturated carbocycles. The second kappa shape index (κ2) is 8.82. The van der Waals surface area contributed by atoms with Crippen molar-refractivity contribution in [2.24, 2.45) is 62.6 Å². The van der Waals surface area contributed by atoms with Crippen LogP contribution in [-0.2, 0) is 19.1 Å². The molecule has 1 aliphatic heterocycles. The first-order chi connectivity index (χ1) is 17.6. The topological polar surface area (TPSA) is 72.8 Å². The van der Waals surface area contributed by atoms with Crippen molar-refractivity contribution in [1.82, 2.24) is 0 Å². The fourth-order valence-electron chi connectivity index (χ4n) is 11.2. The molecule has 5 aliphatic rings. The van der Waals surface area contributed by atoms with Gasteiger partial charge in [0.25, 0.3) is 0 Å². The zero-order valence-electron chi connectivity index (χ0n) is 25.4. The fraction of sp³-hybridized carbons (Fsp3) is 0.879. The standard InChI is InChI=1S/C33H52O5/c1-19(2)20(3)29(6)14-15-31(8)23-10-11-26-30(7)17-37-18-33(26,16-25(21(30)4)38-22(5)34)24(23)12-13-32(31,9)27(29)28(35)36/h12,19-21,23,25-27H,10-11,13-18H2,1-9H3,(H,35,36)/t20-,21+,23+,25-,26+,27-,29-,30+,31-,32+,33+/m1/s1. The number of fused-ring (bicyclic) bond motifs is 3. The molecule has 0 aromatic heterocycles. The van der Waals surface area contributed by atoms with Crippen molar-refractivity contribution < 1.29 is 24.2 Å². The maximum absolute atomic E-state index is 13.2. The summed E-state index contributed by atoms with van der Waals surface area (Å²) in [7, 11) is 0. The zero-order chi connectivity index (χ0) is 28.1. The number of aliphatic carboxylic acids is 1. The van der Waals surface area contributed by atoms with Crippen molar-refractivity contribution in [2.75, 3.05) is 13.2 Å². The number of carbonyl (C=O) groups excluding carboxylic acids is 1. The number of rotatable bonds is 4. The summed E-state index contributed by atoms with van der Waals surface area (Å²) in [5.74, 6) is 0.676. The highest BCUT2D eigenvalue weighted by molar-refractivity contribution is 5.73. The van der Waals surface area contributed by atoms with Crippen LogP contribution in [0.3, 0.4) is 0 Å². The van der Waals surface area contributed by atoms with E-state index in [0.29, 0.717) is 30.3 Å². The largest absolute Gasteiger partial charge is 0.481 e. The Morgan fingerprint density at radius 3 is 2.34 bits per heavy atom. The summed E-state index contributed by atoms with van der Waals surface area (Å²) in [6.07, 6.45) is 8.26. The van der Waals surface area contributed by atoms with Gasteiger partial charge in [0.05, 0.1) is 19.1 Å². The van der Waals surface area contributed by atoms with Gasteiger partial charge in [-0.05, 0) is 78.4 Å². The molecule has 1 N–H and O–H groups in total. The first-order valence-electron chi connectivity index (χ1n) is 15.3. The van der Waals surface area contributed by atoms with Crippen LogP contribution in [0.4, 0.5) is 0 Å². The van der Waals surface area contributed by atoms with Crippen LogP contribution in [0.5, 0.6) is 0 Å². The number of ether oxygens (including phenoxy) is 2. The molecule has 0 spiro atoms. The molecule has 4 fully saturated rings. The van der Waals surface area contributed by atoms with Gasteiger partial charge in [-0.2, -0.15) is 0 Å². The van der Waals surface area contributed by atoms with E-state index in [2.05, 4.69) is 61.5 Å². The van der Waals surface area contributed by atoms with Crippen LogP contribution in [0.15, 0.2) is 11.6 Å². The SMILES string of the molecule is CC(=O)O[C@@H]1C[C@@]23COC[C@](C)([C@@H]2CC[C@H]2C3=CC[C@@]3(C)[C@H](C(=O)O)[C@@](C)([C@H](C)C(C)C)CC[C@]23C)[C@H]1C. The predicted molar refractivity (Wildman–Crippen MR) is 148 cm³/mol. The average molecular weight is 529 g/mol. The molecule has 1 heterocycles.